The Hall–Kier alpha value is -16.9. The van der Waals surface area contributed by atoms with Crippen LogP contribution in [0.2, 0.25) is 0 Å². The number of hydrogen-bond donors (Lipinski definition) is 10. The molecule has 704 valence electrons. The molecule has 25 rings (SSSR count). The smallest absolute Gasteiger partial charge is 0.263 e. The fourth-order valence-electron chi connectivity index (χ4n) is 19.6. The summed E-state index contributed by atoms with van der Waals surface area (Å²) in [4.78, 5) is 146. The fraction of sp³-hybridized carbons (Fsp3) is 0.276. The molecule has 15 aromatic heterocycles. The summed E-state index contributed by atoms with van der Waals surface area (Å²) in [5, 5.41) is 26.1. The lowest BCUT2D eigenvalue weighted by atomic mass is 9.91. The zero-order valence-corrected chi connectivity index (χ0v) is 79.0. The number of rotatable bonds is 20. The monoisotopic (exact) mass is 1860 g/mol. The fourth-order valence-corrected chi connectivity index (χ4v) is 19.6. The Bertz CT molecular complexity index is 8260. The lowest BCUT2D eigenvalue weighted by Gasteiger charge is -2.32. The predicted molar refractivity (Wildman–Crippen MR) is 547 cm³/mol. The molecular formula is C105H104N30O5. The summed E-state index contributed by atoms with van der Waals surface area (Å²) in [6.45, 7) is 20.2. The molecule has 15 heterocycles. The van der Waals surface area contributed by atoms with E-state index in [-0.39, 0.29) is 70.1 Å². The van der Waals surface area contributed by atoms with Crippen molar-refractivity contribution < 1.29 is 0 Å². The number of nitrogens with one attached hydrogen (secondary N) is 10. The van der Waals surface area contributed by atoms with Crippen molar-refractivity contribution >= 4 is 139 Å². The van der Waals surface area contributed by atoms with Crippen LogP contribution in [0.5, 0.6) is 0 Å². The lowest BCUT2D eigenvalue weighted by Crippen LogP contribution is -2.33. The molecule has 0 bridgehead atoms. The van der Waals surface area contributed by atoms with Gasteiger partial charge in [0, 0.05) is 58.3 Å². The molecule has 0 radical (unpaired) electrons. The Balaban J connectivity index is 0.000000104. The van der Waals surface area contributed by atoms with Crippen molar-refractivity contribution in [1.82, 2.24) is 123 Å². The number of nitrogens with zero attached hydrogens (tertiary/aromatic N) is 20. The molecule has 0 unspecified atom stereocenters. The van der Waals surface area contributed by atoms with Gasteiger partial charge in [0.2, 0.25) is 0 Å². The van der Waals surface area contributed by atoms with Gasteiger partial charge >= 0.3 is 0 Å². The van der Waals surface area contributed by atoms with Crippen LogP contribution in [-0.4, -0.2) is 123 Å². The maximum atomic E-state index is 13.6. The number of imidazole rings is 5. The van der Waals surface area contributed by atoms with E-state index in [1.165, 1.54) is 44.5 Å². The molecular weight excluding hydrogens is 1760 g/mol. The maximum Gasteiger partial charge on any atom is 0.263 e. The Kier molecular flexibility index (Phi) is 24.1. The van der Waals surface area contributed by atoms with Gasteiger partial charge in [-0.15, -0.1) is 0 Å². The van der Waals surface area contributed by atoms with Gasteiger partial charge in [-0.05, 0) is 231 Å². The van der Waals surface area contributed by atoms with Gasteiger partial charge in [-0.1, -0.05) is 109 Å². The third kappa shape index (κ3) is 17.2. The molecule has 35 heteroatoms. The summed E-state index contributed by atoms with van der Waals surface area (Å²) in [7, 11) is 0. The summed E-state index contributed by atoms with van der Waals surface area (Å²) in [6, 6.07) is 50.8. The largest absolute Gasteiger partial charge is 0.360 e. The Morgan fingerprint density at radius 1 is 0.264 bits per heavy atom. The third-order valence-electron chi connectivity index (χ3n) is 27.4. The number of aryl methyl sites for hydroxylation is 5. The second-order valence-electron chi connectivity index (χ2n) is 36.8. The van der Waals surface area contributed by atoms with Crippen LogP contribution < -0.4 is 54.4 Å². The summed E-state index contributed by atoms with van der Waals surface area (Å²) in [5.41, 5.74) is 17.9. The first-order chi connectivity index (χ1) is 68.2. The van der Waals surface area contributed by atoms with Crippen LogP contribution in [0.15, 0.2) is 239 Å². The quantitative estimate of drug-likeness (QED) is 0.0339. The molecule has 4 aliphatic carbocycles. The Morgan fingerprint density at radius 2 is 0.493 bits per heavy atom. The van der Waals surface area contributed by atoms with Crippen molar-refractivity contribution in [2.24, 2.45) is 0 Å². The number of H-pyrrole nitrogens is 5. The highest BCUT2D eigenvalue weighted by atomic mass is 16.1. The first-order valence-corrected chi connectivity index (χ1v) is 47.5. The zero-order chi connectivity index (χ0) is 96.3. The van der Waals surface area contributed by atoms with Gasteiger partial charge in [0.1, 0.15) is 59.2 Å². The summed E-state index contributed by atoms with van der Waals surface area (Å²) >= 11 is 0. The Labute approximate surface area is 799 Å². The van der Waals surface area contributed by atoms with Gasteiger partial charge in [-0.2, -0.15) is 0 Å². The minimum absolute atomic E-state index is 0.0326. The molecule has 140 heavy (non-hydrogen) atoms. The number of para-hydroxylation sites is 1. The molecule has 4 aliphatic rings. The van der Waals surface area contributed by atoms with E-state index in [9.17, 15) is 24.0 Å². The van der Waals surface area contributed by atoms with Crippen molar-refractivity contribution in [1.29, 1.82) is 0 Å². The highest BCUT2D eigenvalue weighted by molar-refractivity contribution is 5.92. The van der Waals surface area contributed by atoms with E-state index < -0.39 is 0 Å². The summed E-state index contributed by atoms with van der Waals surface area (Å²) in [5.74, 6) is 3.38. The number of hydrogen-bond acceptors (Lipinski definition) is 25. The number of benzene rings is 6. The molecule has 4 saturated carbocycles. The number of aromatic amines is 5. The van der Waals surface area contributed by atoms with E-state index in [0.717, 1.165) is 195 Å². The first-order valence-electron chi connectivity index (χ1n) is 47.5. The lowest BCUT2D eigenvalue weighted by molar-refractivity contribution is 0.298. The van der Waals surface area contributed by atoms with Crippen molar-refractivity contribution in [3.8, 4) is 5.69 Å². The van der Waals surface area contributed by atoms with Gasteiger partial charge < -0.3 is 69.8 Å². The molecule has 10 N–H and O–H groups in total. The normalized spacial score (nSPS) is 14.8. The molecule has 5 atom stereocenters. The average Bonchev–Trinajstić information content (AvgIpc) is 1.22. The van der Waals surface area contributed by atoms with Crippen LogP contribution in [0.3, 0.4) is 0 Å². The molecule has 0 saturated heterocycles. The van der Waals surface area contributed by atoms with E-state index >= 15 is 0 Å². The summed E-state index contributed by atoms with van der Waals surface area (Å²) < 4.78 is 9.72. The van der Waals surface area contributed by atoms with Gasteiger partial charge in [0.15, 0.2) is 57.3 Å². The minimum Gasteiger partial charge on any atom is -0.360 e. The molecule has 6 aromatic carbocycles. The van der Waals surface area contributed by atoms with Gasteiger partial charge in [-0.3, -0.25) is 28.5 Å². The highest BCUT2D eigenvalue weighted by Gasteiger charge is 2.34. The third-order valence-corrected chi connectivity index (χ3v) is 27.4. The highest BCUT2D eigenvalue weighted by Crippen LogP contribution is 2.42. The minimum atomic E-state index is -0.204. The van der Waals surface area contributed by atoms with Crippen LogP contribution in [-0.2, 0) is 0 Å². The van der Waals surface area contributed by atoms with Crippen LogP contribution in [0.1, 0.15) is 209 Å². The molecule has 21 aromatic rings. The standard InChI is InChI=1S/C23H20N6O.2C21H22N6O.2C20H20N6O/c1-14-7-6-8-16-11-18(29(23(30)19(14)16)17-9-4-3-5-10-17)15(2)28-22-20-21(25-12-24-20)26-13-27-22;2*1-12-5-3-6-14-9-16(27(15-7-4-8-15)21(28)17(12)14)13(2)26-20-18-19(23-10-22-18)24-11-25-20;2*1-11-4-3-5-13-8-15(26(14-6-7-14)20(27)16(11)13)12(2)25-19-17-18(22-9-21-17)23-10-24-19/h3-13,15H,1-2H3,(H2,24,25,26,27,28);2*3,5-6,9-11,13,15H,4,7-8H2,1-2H3,(H2,22,23,24,25,26);2*3-5,8-10,12,14H,6-7H2,1-2H3,(H2,21,22,23,24,25)/t15-;2*13-;2*12-/m01010/s1. The van der Waals surface area contributed by atoms with Gasteiger partial charge in [0.25, 0.3) is 27.8 Å². The second kappa shape index (κ2) is 37.7. The van der Waals surface area contributed by atoms with Gasteiger partial charge in [-0.25, -0.2) is 74.8 Å². The van der Waals surface area contributed by atoms with E-state index in [1.807, 2.05) is 181 Å². The molecule has 0 spiro atoms. The number of anilines is 5. The van der Waals surface area contributed by atoms with E-state index in [1.54, 1.807) is 36.2 Å². The van der Waals surface area contributed by atoms with E-state index in [2.05, 4.69) is 184 Å². The van der Waals surface area contributed by atoms with Crippen molar-refractivity contribution in [2.45, 2.75) is 188 Å². The summed E-state index contributed by atoms with van der Waals surface area (Å²) in [6.07, 6.45) is 26.2. The number of aromatic nitrogens is 25. The molecule has 4 fully saturated rings. The average molecular weight is 1870 g/mol. The topological polar surface area (TPSA) is 442 Å². The Morgan fingerprint density at radius 3 is 0.729 bits per heavy atom. The first kappa shape index (κ1) is 89.6. The van der Waals surface area contributed by atoms with Gasteiger partial charge in [0.05, 0.1) is 88.8 Å². The van der Waals surface area contributed by atoms with Crippen LogP contribution >= 0.6 is 0 Å². The van der Waals surface area contributed by atoms with Crippen molar-refractivity contribution in [2.75, 3.05) is 26.6 Å². The van der Waals surface area contributed by atoms with E-state index in [4.69, 9.17) is 0 Å². The van der Waals surface area contributed by atoms with Crippen LogP contribution in [0.25, 0.3) is 115 Å². The number of pyridine rings is 5. The molecule has 0 amide bonds. The van der Waals surface area contributed by atoms with E-state index in [0.29, 0.717) is 69.4 Å². The number of fused-ring (bicyclic) bond motifs is 10. The zero-order valence-electron chi connectivity index (χ0n) is 79.0. The van der Waals surface area contributed by atoms with Crippen LogP contribution in [0, 0.1) is 34.6 Å². The van der Waals surface area contributed by atoms with Crippen molar-refractivity contribution in [3.63, 3.8) is 0 Å². The van der Waals surface area contributed by atoms with Crippen LogP contribution in [0.4, 0.5) is 29.1 Å². The predicted octanol–water partition coefficient (Wildman–Crippen LogP) is 18.9. The van der Waals surface area contributed by atoms with Crippen molar-refractivity contribution in [3.05, 3.63) is 323 Å². The SMILES string of the molecule is Cc1cccc2cc([C@@H](C)Nc3ncnc4nc[nH]c34)n(C3CC3)c(=O)c12.Cc1cccc2cc([C@@H](C)Nc3ncnc4nc[nH]c34)n(C3CCC3)c(=O)c12.Cc1cccc2cc([C@H](C)Nc3ncnc4nc[nH]c34)n(-c3ccccc3)c(=O)c12.Cc1cccc2cc([C@H](C)Nc3ncnc4nc[nH]c34)n(C3CC3)c(=O)c12.Cc1cccc2cc([C@H](C)Nc3ncnc4nc[nH]c34)n(C3CCC3)c(=O)c12. The second-order valence-corrected chi connectivity index (χ2v) is 36.8. The maximum absolute atomic E-state index is 13.6. The molecule has 35 nitrogen and oxygen atoms in total. The molecule has 0 aliphatic heterocycles.